The number of anilines is 1. The Morgan fingerprint density at radius 1 is 1.24 bits per heavy atom. The maximum Gasteiger partial charge on any atom is 0.293 e. The fraction of sp³-hybridized carbons (Fsp3) is 0.261. The summed E-state index contributed by atoms with van der Waals surface area (Å²) in [6.45, 7) is 5.18. The molecule has 1 aliphatic rings. The summed E-state index contributed by atoms with van der Waals surface area (Å²) in [6, 6.07) is 6.73. The van der Waals surface area contributed by atoms with Crippen molar-refractivity contribution >= 4 is 39.3 Å². The molecule has 33 heavy (non-hydrogen) atoms. The van der Waals surface area contributed by atoms with Crippen molar-refractivity contribution in [2.24, 2.45) is 0 Å². The van der Waals surface area contributed by atoms with Gasteiger partial charge in [-0.2, -0.15) is 0 Å². The molecule has 0 saturated carbocycles. The SMILES string of the molecule is CCn1cc(C(=O)N2CCc3nc(NC(=O)c4ccco4)sc3C2)c(=O)c2ccc(C)nc21. The third-order valence-electron chi connectivity index (χ3n) is 5.62. The van der Waals surface area contributed by atoms with E-state index in [2.05, 4.69) is 15.3 Å². The summed E-state index contributed by atoms with van der Waals surface area (Å²) in [5, 5.41) is 3.63. The molecular weight excluding hydrogens is 442 g/mol. The zero-order valence-electron chi connectivity index (χ0n) is 18.1. The van der Waals surface area contributed by atoms with Gasteiger partial charge in [0.25, 0.3) is 11.8 Å². The molecule has 1 aliphatic heterocycles. The van der Waals surface area contributed by atoms with E-state index in [1.54, 1.807) is 35.4 Å². The number of amides is 2. The lowest BCUT2D eigenvalue weighted by molar-refractivity contribution is 0.0734. The van der Waals surface area contributed by atoms with E-state index < -0.39 is 0 Å². The molecule has 0 fully saturated rings. The Balaban J connectivity index is 1.40. The fourth-order valence-electron chi connectivity index (χ4n) is 3.91. The molecule has 0 unspecified atom stereocenters. The van der Waals surface area contributed by atoms with Gasteiger partial charge in [-0.1, -0.05) is 11.3 Å². The molecule has 4 aromatic heterocycles. The highest BCUT2D eigenvalue weighted by Gasteiger charge is 2.28. The van der Waals surface area contributed by atoms with Crippen molar-refractivity contribution < 1.29 is 14.0 Å². The number of hydrogen-bond donors (Lipinski definition) is 1. The van der Waals surface area contributed by atoms with Gasteiger partial charge in [-0.15, -0.1) is 0 Å². The van der Waals surface area contributed by atoms with Crippen molar-refractivity contribution in [3.05, 3.63) is 74.5 Å². The Kier molecular flexibility index (Phi) is 5.29. The van der Waals surface area contributed by atoms with Crippen LogP contribution in [-0.4, -0.2) is 37.8 Å². The van der Waals surface area contributed by atoms with Crippen LogP contribution in [0, 0.1) is 6.92 Å². The van der Waals surface area contributed by atoms with Gasteiger partial charge in [-0.05, 0) is 38.1 Å². The maximum absolute atomic E-state index is 13.3. The first-order chi connectivity index (χ1) is 15.9. The molecule has 5 heterocycles. The van der Waals surface area contributed by atoms with Gasteiger partial charge in [0.15, 0.2) is 10.9 Å². The van der Waals surface area contributed by atoms with E-state index in [-0.39, 0.29) is 28.6 Å². The number of hydrogen-bond acceptors (Lipinski definition) is 7. The number of nitrogens with one attached hydrogen (secondary N) is 1. The van der Waals surface area contributed by atoms with Gasteiger partial charge in [-0.25, -0.2) is 9.97 Å². The average molecular weight is 464 g/mol. The molecule has 1 N–H and O–H groups in total. The number of aryl methyl sites for hydroxylation is 2. The van der Waals surface area contributed by atoms with Crippen LogP contribution in [0.25, 0.3) is 11.0 Å². The van der Waals surface area contributed by atoms with Gasteiger partial charge in [0, 0.05) is 36.3 Å². The first-order valence-electron chi connectivity index (χ1n) is 10.6. The molecule has 5 rings (SSSR count). The standard InChI is InChI=1S/C23H21N5O4S/c1-3-27-11-15(19(29)14-7-6-13(2)24-20(14)27)22(31)28-9-8-16-18(12-28)33-23(25-16)26-21(30)17-5-4-10-32-17/h4-7,10-11H,3,8-9,12H2,1-2H3,(H,25,26,30). The summed E-state index contributed by atoms with van der Waals surface area (Å²) in [6.07, 6.45) is 3.59. The third kappa shape index (κ3) is 3.82. The topological polar surface area (TPSA) is 110 Å². The van der Waals surface area contributed by atoms with Crippen LogP contribution >= 0.6 is 11.3 Å². The normalized spacial score (nSPS) is 13.2. The van der Waals surface area contributed by atoms with E-state index in [0.29, 0.717) is 42.2 Å². The maximum atomic E-state index is 13.3. The van der Waals surface area contributed by atoms with E-state index in [0.717, 1.165) is 16.3 Å². The molecule has 4 aromatic rings. The highest BCUT2D eigenvalue weighted by atomic mass is 32.1. The second-order valence-corrected chi connectivity index (χ2v) is 8.86. The van der Waals surface area contributed by atoms with Gasteiger partial charge in [0.1, 0.15) is 11.2 Å². The lowest BCUT2D eigenvalue weighted by Gasteiger charge is -2.26. The first-order valence-corrected chi connectivity index (χ1v) is 11.4. The largest absolute Gasteiger partial charge is 0.459 e. The lowest BCUT2D eigenvalue weighted by atomic mass is 10.1. The van der Waals surface area contributed by atoms with Gasteiger partial charge >= 0.3 is 0 Å². The number of carbonyl (C=O) groups is 2. The van der Waals surface area contributed by atoms with Crippen LogP contribution < -0.4 is 10.7 Å². The zero-order chi connectivity index (χ0) is 23.1. The lowest BCUT2D eigenvalue weighted by Crippen LogP contribution is -2.38. The van der Waals surface area contributed by atoms with Gasteiger partial charge < -0.3 is 13.9 Å². The minimum absolute atomic E-state index is 0.134. The summed E-state index contributed by atoms with van der Waals surface area (Å²) in [4.78, 5) is 50.2. The van der Waals surface area contributed by atoms with Crippen molar-refractivity contribution in [3.8, 4) is 0 Å². The summed E-state index contributed by atoms with van der Waals surface area (Å²) in [5.41, 5.74) is 2.07. The molecule has 0 bridgehead atoms. The number of furan rings is 1. The van der Waals surface area contributed by atoms with E-state index >= 15 is 0 Å². The van der Waals surface area contributed by atoms with Crippen LogP contribution in [0.4, 0.5) is 5.13 Å². The van der Waals surface area contributed by atoms with Gasteiger partial charge in [0.2, 0.25) is 5.43 Å². The van der Waals surface area contributed by atoms with Crippen LogP contribution in [0.2, 0.25) is 0 Å². The van der Waals surface area contributed by atoms with E-state index in [1.165, 1.54) is 17.6 Å². The molecule has 0 saturated heterocycles. The number of aromatic nitrogens is 3. The third-order valence-corrected chi connectivity index (χ3v) is 6.61. The number of carbonyl (C=O) groups excluding carboxylic acids is 2. The average Bonchev–Trinajstić information content (AvgIpc) is 3.48. The Morgan fingerprint density at radius 2 is 2.09 bits per heavy atom. The molecule has 9 nitrogen and oxygen atoms in total. The molecule has 0 atom stereocenters. The smallest absolute Gasteiger partial charge is 0.293 e. The zero-order valence-corrected chi connectivity index (χ0v) is 18.9. The number of rotatable bonds is 4. The van der Waals surface area contributed by atoms with Crippen LogP contribution in [0.3, 0.4) is 0 Å². The Morgan fingerprint density at radius 3 is 2.85 bits per heavy atom. The second kappa shape index (κ2) is 8.28. The predicted octanol–water partition coefficient (Wildman–Crippen LogP) is 3.23. The molecule has 0 radical (unpaired) electrons. The summed E-state index contributed by atoms with van der Waals surface area (Å²) >= 11 is 1.32. The minimum atomic E-state index is -0.376. The molecule has 2 amide bonds. The van der Waals surface area contributed by atoms with Crippen molar-refractivity contribution in [1.29, 1.82) is 0 Å². The second-order valence-electron chi connectivity index (χ2n) is 7.78. The highest BCUT2D eigenvalue weighted by molar-refractivity contribution is 7.15. The molecule has 10 heteroatoms. The minimum Gasteiger partial charge on any atom is -0.459 e. The van der Waals surface area contributed by atoms with Gasteiger partial charge in [0.05, 0.1) is 23.9 Å². The number of thiazole rings is 1. The van der Waals surface area contributed by atoms with Crippen molar-refractivity contribution in [2.45, 2.75) is 33.4 Å². The molecule has 0 spiro atoms. The van der Waals surface area contributed by atoms with Crippen LogP contribution in [0.1, 0.15) is 44.1 Å². The van der Waals surface area contributed by atoms with Crippen molar-refractivity contribution in [2.75, 3.05) is 11.9 Å². The monoisotopic (exact) mass is 463 g/mol. The van der Waals surface area contributed by atoms with Crippen LogP contribution in [-0.2, 0) is 19.5 Å². The number of fused-ring (bicyclic) bond motifs is 2. The summed E-state index contributed by atoms with van der Waals surface area (Å²) in [5.74, 6) is -0.489. The summed E-state index contributed by atoms with van der Waals surface area (Å²) in [7, 11) is 0. The Labute approximate surface area is 192 Å². The number of pyridine rings is 2. The molecule has 0 aromatic carbocycles. The van der Waals surface area contributed by atoms with E-state index in [4.69, 9.17) is 4.42 Å². The Hall–Kier alpha value is -3.79. The molecular formula is C23H21N5O4S. The highest BCUT2D eigenvalue weighted by Crippen LogP contribution is 2.29. The quantitative estimate of drug-likeness (QED) is 0.498. The van der Waals surface area contributed by atoms with Crippen LogP contribution in [0.5, 0.6) is 0 Å². The van der Waals surface area contributed by atoms with E-state index in [9.17, 15) is 14.4 Å². The van der Waals surface area contributed by atoms with Gasteiger partial charge in [-0.3, -0.25) is 19.7 Å². The molecule has 168 valence electrons. The fourth-order valence-corrected chi connectivity index (χ4v) is 4.93. The predicted molar refractivity (Wildman–Crippen MR) is 124 cm³/mol. The Bertz CT molecular complexity index is 1440. The van der Waals surface area contributed by atoms with Crippen molar-refractivity contribution in [1.82, 2.24) is 19.4 Å². The van der Waals surface area contributed by atoms with Crippen molar-refractivity contribution in [3.63, 3.8) is 0 Å². The molecule has 0 aliphatic carbocycles. The van der Waals surface area contributed by atoms with Crippen LogP contribution in [0.15, 0.2) is 45.9 Å². The first kappa shape index (κ1) is 21.1. The summed E-state index contributed by atoms with van der Waals surface area (Å²) < 4.78 is 6.94. The number of nitrogens with zero attached hydrogens (tertiary/aromatic N) is 4. The van der Waals surface area contributed by atoms with E-state index in [1.807, 2.05) is 18.4 Å².